The van der Waals surface area contributed by atoms with Crippen LogP contribution in [0.15, 0.2) is 16.3 Å². The Hall–Kier alpha value is 0.300. The van der Waals surface area contributed by atoms with Gasteiger partial charge in [0.15, 0.2) is 0 Å². The smallest absolute Gasteiger partial charge is 0.250 e. The van der Waals surface area contributed by atoms with Crippen molar-refractivity contribution in [3.8, 4) is 0 Å². The van der Waals surface area contributed by atoms with E-state index in [1.165, 1.54) is 11.3 Å². The molecule has 0 aromatic carbocycles. The maximum atomic E-state index is 12.0. The zero-order valence-electron chi connectivity index (χ0n) is 9.68. The molecule has 0 amide bonds. The molecule has 0 radical (unpaired) electrons. The lowest BCUT2D eigenvalue weighted by Gasteiger charge is -2.21. The highest BCUT2D eigenvalue weighted by Gasteiger charge is 2.24. The first kappa shape index (κ1) is 15.4. The summed E-state index contributed by atoms with van der Waals surface area (Å²) in [6.45, 7) is 3.70. The summed E-state index contributed by atoms with van der Waals surface area (Å²) < 4.78 is 27.8. The lowest BCUT2D eigenvalue weighted by molar-refractivity contribution is 0.219. The Labute approximate surface area is 120 Å². The quantitative estimate of drug-likeness (QED) is 0.732. The van der Waals surface area contributed by atoms with Gasteiger partial charge in [-0.25, -0.2) is 13.1 Å². The predicted octanol–water partition coefficient (Wildman–Crippen LogP) is 2.04. The molecule has 1 aromatic rings. The molecule has 4 nitrogen and oxygen atoms in total. The third kappa shape index (κ3) is 4.16. The van der Waals surface area contributed by atoms with Gasteiger partial charge in [0.2, 0.25) is 10.0 Å². The molecule has 7 heteroatoms. The summed E-state index contributed by atoms with van der Waals surface area (Å²) in [7, 11) is -3.50. The number of thiophene rings is 1. The molecule has 0 spiro atoms. The molecular formula is C10H16INO3S2. The van der Waals surface area contributed by atoms with E-state index in [0.29, 0.717) is 4.21 Å². The highest BCUT2D eigenvalue weighted by Crippen LogP contribution is 2.23. The Morgan fingerprint density at radius 3 is 2.59 bits per heavy atom. The number of hydrogen-bond donors (Lipinski definition) is 2. The number of rotatable bonds is 6. The summed E-state index contributed by atoms with van der Waals surface area (Å²) in [6.07, 6.45) is 0.815. The van der Waals surface area contributed by atoms with Crippen molar-refractivity contribution in [2.45, 2.75) is 30.5 Å². The van der Waals surface area contributed by atoms with Crippen LogP contribution in [0.1, 0.15) is 20.3 Å². The summed E-state index contributed by atoms with van der Waals surface area (Å²) in [5.74, 6) is 0.105. The van der Waals surface area contributed by atoms with Gasteiger partial charge >= 0.3 is 0 Å². The lowest BCUT2D eigenvalue weighted by Crippen LogP contribution is -2.41. The van der Waals surface area contributed by atoms with E-state index in [9.17, 15) is 13.5 Å². The molecule has 1 aromatic heterocycles. The summed E-state index contributed by atoms with van der Waals surface area (Å²) in [5, 5.41) is 9.22. The fourth-order valence-electron chi connectivity index (χ4n) is 1.32. The molecule has 2 unspecified atom stereocenters. The monoisotopic (exact) mass is 389 g/mol. The number of halogens is 1. The van der Waals surface area contributed by atoms with Gasteiger partial charge in [0.1, 0.15) is 4.21 Å². The topological polar surface area (TPSA) is 66.4 Å². The van der Waals surface area contributed by atoms with Crippen molar-refractivity contribution in [2.75, 3.05) is 6.61 Å². The fraction of sp³-hybridized carbons (Fsp3) is 0.600. The molecular weight excluding hydrogens is 373 g/mol. The standard InChI is InChI=1S/C10H16INO3S2/c1-3-7(2)8(6-13)12-17(14,15)10-5-4-9(11)16-10/h4-5,7-8,12-13H,3,6H2,1-2H3. The second-order valence-corrected chi connectivity index (χ2v) is 8.77. The fourth-order valence-corrected chi connectivity index (χ4v) is 5.04. The third-order valence-electron chi connectivity index (χ3n) is 2.65. The van der Waals surface area contributed by atoms with E-state index in [4.69, 9.17) is 0 Å². The maximum absolute atomic E-state index is 12.0. The molecule has 2 atom stereocenters. The SMILES string of the molecule is CCC(C)C(CO)NS(=O)(=O)c1ccc(I)s1. The van der Waals surface area contributed by atoms with E-state index in [0.717, 1.165) is 9.30 Å². The number of aliphatic hydroxyl groups excluding tert-OH is 1. The van der Waals surface area contributed by atoms with Crippen LogP contribution >= 0.6 is 33.9 Å². The number of aliphatic hydroxyl groups is 1. The predicted molar refractivity (Wildman–Crippen MR) is 77.7 cm³/mol. The average molecular weight is 389 g/mol. The van der Waals surface area contributed by atoms with Crippen LogP contribution in [0.5, 0.6) is 0 Å². The van der Waals surface area contributed by atoms with Gasteiger partial charge in [-0.2, -0.15) is 0 Å². The Morgan fingerprint density at radius 1 is 1.53 bits per heavy atom. The number of hydrogen-bond acceptors (Lipinski definition) is 4. The van der Waals surface area contributed by atoms with Crippen molar-refractivity contribution in [1.82, 2.24) is 4.72 Å². The van der Waals surface area contributed by atoms with Gasteiger partial charge in [0.05, 0.1) is 9.49 Å². The largest absolute Gasteiger partial charge is 0.395 e. The molecule has 0 fully saturated rings. The van der Waals surface area contributed by atoms with Crippen molar-refractivity contribution >= 4 is 44.0 Å². The van der Waals surface area contributed by atoms with Gasteiger partial charge in [-0.1, -0.05) is 20.3 Å². The Bertz CT molecular complexity index is 458. The molecule has 0 aliphatic carbocycles. The third-order valence-corrected chi connectivity index (χ3v) is 6.52. The van der Waals surface area contributed by atoms with Crippen LogP contribution in [-0.2, 0) is 10.0 Å². The van der Waals surface area contributed by atoms with E-state index in [-0.39, 0.29) is 12.5 Å². The Balaban J connectivity index is 2.85. The van der Waals surface area contributed by atoms with E-state index in [2.05, 4.69) is 27.3 Å². The van der Waals surface area contributed by atoms with Crippen LogP contribution in [0, 0.1) is 8.80 Å². The van der Waals surface area contributed by atoms with E-state index in [1.807, 2.05) is 13.8 Å². The van der Waals surface area contributed by atoms with E-state index in [1.54, 1.807) is 12.1 Å². The molecule has 0 aliphatic rings. The minimum atomic E-state index is -3.50. The van der Waals surface area contributed by atoms with Crippen LogP contribution in [-0.4, -0.2) is 26.2 Å². The van der Waals surface area contributed by atoms with Crippen LogP contribution in [0.4, 0.5) is 0 Å². The van der Waals surface area contributed by atoms with Gasteiger partial charge in [-0.05, 0) is 40.6 Å². The normalized spacial score (nSPS) is 15.8. The van der Waals surface area contributed by atoms with Crippen molar-refractivity contribution in [2.24, 2.45) is 5.92 Å². The molecule has 17 heavy (non-hydrogen) atoms. The van der Waals surface area contributed by atoms with Crippen molar-refractivity contribution < 1.29 is 13.5 Å². The molecule has 0 aliphatic heterocycles. The Morgan fingerprint density at radius 2 is 2.18 bits per heavy atom. The van der Waals surface area contributed by atoms with Gasteiger partial charge in [0, 0.05) is 6.04 Å². The first-order valence-corrected chi connectivity index (χ1v) is 8.67. The average Bonchev–Trinajstić information content (AvgIpc) is 2.72. The minimum absolute atomic E-state index is 0.105. The zero-order chi connectivity index (χ0) is 13.1. The Kier molecular flexibility index (Phi) is 5.84. The second-order valence-electron chi connectivity index (χ2n) is 3.85. The van der Waals surface area contributed by atoms with E-state index >= 15 is 0 Å². The molecule has 2 N–H and O–H groups in total. The summed E-state index contributed by atoms with van der Waals surface area (Å²) in [5.41, 5.74) is 0. The van der Waals surface area contributed by atoms with Crippen LogP contribution < -0.4 is 4.72 Å². The maximum Gasteiger partial charge on any atom is 0.250 e. The van der Waals surface area contributed by atoms with Crippen LogP contribution in [0.2, 0.25) is 0 Å². The van der Waals surface area contributed by atoms with Gasteiger partial charge in [0.25, 0.3) is 0 Å². The summed E-state index contributed by atoms with van der Waals surface area (Å²) in [4.78, 5) is 0. The molecule has 1 heterocycles. The lowest BCUT2D eigenvalue weighted by atomic mass is 10.0. The van der Waals surface area contributed by atoms with Crippen LogP contribution in [0.3, 0.4) is 0 Å². The zero-order valence-corrected chi connectivity index (χ0v) is 13.5. The van der Waals surface area contributed by atoms with Gasteiger partial charge < -0.3 is 5.11 Å². The van der Waals surface area contributed by atoms with Gasteiger partial charge in [-0.3, -0.25) is 0 Å². The van der Waals surface area contributed by atoms with Crippen LogP contribution in [0.25, 0.3) is 0 Å². The van der Waals surface area contributed by atoms with Gasteiger partial charge in [-0.15, -0.1) is 11.3 Å². The molecule has 0 saturated heterocycles. The molecule has 1 rings (SSSR count). The minimum Gasteiger partial charge on any atom is -0.395 e. The summed E-state index contributed by atoms with van der Waals surface area (Å²) >= 11 is 3.30. The molecule has 0 bridgehead atoms. The highest BCUT2D eigenvalue weighted by molar-refractivity contribution is 14.1. The first-order chi connectivity index (χ1) is 7.90. The summed E-state index contributed by atoms with van der Waals surface area (Å²) in [6, 6.07) is 2.92. The van der Waals surface area contributed by atoms with Crippen molar-refractivity contribution in [3.63, 3.8) is 0 Å². The van der Waals surface area contributed by atoms with Crippen molar-refractivity contribution in [3.05, 3.63) is 15.0 Å². The first-order valence-electron chi connectivity index (χ1n) is 5.29. The molecule has 98 valence electrons. The number of sulfonamides is 1. The second kappa shape index (κ2) is 6.46. The number of nitrogens with one attached hydrogen (secondary N) is 1. The molecule has 0 saturated carbocycles. The van der Waals surface area contributed by atoms with E-state index < -0.39 is 16.1 Å². The van der Waals surface area contributed by atoms with Crippen molar-refractivity contribution in [1.29, 1.82) is 0 Å². The highest BCUT2D eigenvalue weighted by atomic mass is 127.